The highest BCUT2D eigenvalue weighted by Gasteiger charge is 2.21. The van der Waals surface area contributed by atoms with Crippen molar-refractivity contribution in [2.75, 3.05) is 32.6 Å². The van der Waals surface area contributed by atoms with Gasteiger partial charge in [0.05, 0.1) is 18.6 Å². The predicted molar refractivity (Wildman–Crippen MR) is 70.1 cm³/mol. The molecule has 1 heterocycles. The van der Waals surface area contributed by atoms with Gasteiger partial charge in [-0.1, -0.05) is 23.7 Å². The Kier molecular flexibility index (Phi) is 4.53. The molecule has 1 aliphatic heterocycles. The summed E-state index contributed by atoms with van der Waals surface area (Å²) in [6.07, 6.45) is 2.15. The average molecular weight is 258 g/mol. The summed E-state index contributed by atoms with van der Waals surface area (Å²) in [5.74, 6) is 0. The quantitative estimate of drug-likeness (QED) is 0.826. The van der Waals surface area contributed by atoms with E-state index in [0.29, 0.717) is 5.37 Å². The van der Waals surface area contributed by atoms with Gasteiger partial charge in [-0.3, -0.25) is 4.90 Å². The smallest absolute Gasteiger partial charge is 0.0813 e. The average Bonchev–Trinajstić information content (AvgIpc) is 2.34. The van der Waals surface area contributed by atoms with Crippen LogP contribution in [-0.4, -0.2) is 37.5 Å². The molecule has 0 spiro atoms. The zero-order valence-electron chi connectivity index (χ0n) is 9.36. The third kappa shape index (κ3) is 2.92. The van der Waals surface area contributed by atoms with Crippen LogP contribution in [0.4, 0.5) is 0 Å². The van der Waals surface area contributed by atoms with Crippen molar-refractivity contribution in [3.8, 4) is 0 Å². The minimum atomic E-state index is 0.418. The van der Waals surface area contributed by atoms with Crippen molar-refractivity contribution >= 4 is 23.4 Å². The molecule has 1 saturated heterocycles. The molecule has 0 radical (unpaired) electrons. The van der Waals surface area contributed by atoms with Crippen LogP contribution in [0.3, 0.4) is 0 Å². The fourth-order valence-electron chi connectivity index (χ4n) is 1.94. The van der Waals surface area contributed by atoms with Gasteiger partial charge in [-0.25, -0.2) is 0 Å². The fourth-order valence-corrected chi connectivity index (χ4v) is 3.00. The number of rotatable bonds is 3. The maximum absolute atomic E-state index is 5.90. The summed E-state index contributed by atoms with van der Waals surface area (Å²) in [6, 6.07) is 8.14. The molecule has 0 amide bonds. The van der Waals surface area contributed by atoms with Crippen molar-refractivity contribution in [3.63, 3.8) is 0 Å². The van der Waals surface area contributed by atoms with Crippen LogP contribution in [0.1, 0.15) is 10.9 Å². The lowest BCUT2D eigenvalue weighted by atomic mass is 10.2. The minimum Gasteiger partial charge on any atom is -0.379 e. The van der Waals surface area contributed by atoms with Crippen molar-refractivity contribution in [2.24, 2.45) is 0 Å². The molecule has 88 valence electrons. The Bertz CT molecular complexity index is 324. The van der Waals surface area contributed by atoms with Gasteiger partial charge >= 0.3 is 0 Å². The summed E-state index contributed by atoms with van der Waals surface area (Å²) in [7, 11) is 0. The number of halogens is 1. The molecule has 0 aliphatic carbocycles. The molecule has 16 heavy (non-hydrogen) atoms. The standard InChI is InChI=1S/C12H16ClNOS/c1-16-12(14-6-8-15-9-7-14)10-2-4-11(13)5-3-10/h2-5,12H,6-9H2,1H3. The van der Waals surface area contributed by atoms with E-state index in [0.717, 1.165) is 31.3 Å². The van der Waals surface area contributed by atoms with E-state index in [2.05, 4.69) is 23.3 Å². The molecule has 0 aromatic heterocycles. The molecule has 2 rings (SSSR count). The second-order valence-electron chi connectivity index (χ2n) is 3.79. The summed E-state index contributed by atoms with van der Waals surface area (Å²) in [5.41, 5.74) is 1.32. The van der Waals surface area contributed by atoms with Crippen LogP contribution in [0.15, 0.2) is 24.3 Å². The highest BCUT2D eigenvalue weighted by molar-refractivity contribution is 7.98. The first-order valence-corrected chi connectivity index (χ1v) is 7.08. The Balaban J connectivity index is 2.11. The Morgan fingerprint density at radius 3 is 2.44 bits per heavy atom. The van der Waals surface area contributed by atoms with Crippen molar-refractivity contribution in [3.05, 3.63) is 34.9 Å². The summed E-state index contributed by atoms with van der Waals surface area (Å²) in [4.78, 5) is 2.46. The van der Waals surface area contributed by atoms with Gasteiger partial charge in [0.2, 0.25) is 0 Å². The monoisotopic (exact) mass is 257 g/mol. The zero-order chi connectivity index (χ0) is 11.4. The maximum Gasteiger partial charge on any atom is 0.0813 e. The van der Waals surface area contributed by atoms with Gasteiger partial charge in [0.1, 0.15) is 0 Å². The highest BCUT2D eigenvalue weighted by atomic mass is 35.5. The van der Waals surface area contributed by atoms with Crippen LogP contribution in [0, 0.1) is 0 Å². The summed E-state index contributed by atoms with van der Waals surface area (Å²) < 4.78 is 5.38. The van der Waals surface area contributed by atoms with E-state index in [1.54, 1.807) is 0 Å². The van der Waals surface area contributed by atoms with E-state index in [9.17, 15) is 0 Å². The SMILES string of the molecule is CSC(c1ccc(Cl)cc1)N1CCOCC1. The number of thioether (sulfide) groups is 1. The van der Waals surface area contributed by atoms with E-state index >= 15 is 0 Å². The molecule has 1 aliphatic rings. The molecule has 0 saturated carbocycles. The van der Waals surface area contributed by atoms with Gasteiger partial charge in [0.15, 0.2) is 0 Å². The topological polar surface area (TPSA) is 12.5 Å². The van der Waals surface area contributed by atoms with Crippen molar-refractivity contribution in [1.82, 2.24) is 4.90 Å². The zero-order valence-corrected chi connectivity index (χ0v) is 10.9. The van der Waals surface area contributed by atoms with Gasteiger partial charge in [-0.05, 0) is 24.0 Å². The van der Waals surface area contributed by atoms with Crippen LogP contribution in [0.2, 0.25) is 5.02 Å². The third-order valence-corrected chi connectivity index (χ3v) is 4.02. The van der Waals surface area contributed by atoms with Crippen LogP contribution >= 0.6 is 23.4 Å². The van der Waals surface area contributed by atoms with Crippen LogP contribution in [0.5, 0.6) is 0 Å². The van der Waals surface area contributed by atoms with E-state index in [1.165, 1.54) is 5.56 Å². The lowest BCUT2D eigenvalue weighted by molar-refractivity contribution is 0.0324. The molecule has 4 heteroatoms. The van der Waals surface area contributed by atoms with Gasteiger partial charge in [-0.2, -0.15) is 0 Å². The van der Waals surface area contributed by atoms with E-state index in [4.69, 9.17) is 16.3 Å². The third-order valence-electron chi connectivity index (χ3n) is 2.76. The first kappa shape index (κ1) is 12.2. The minimum absolute atomic E-state index is 0.418. The van der Waals surface area contributed by atoms with Crippen LogP contribution in [0.25, 0.3) is 0 Å². The number of ether oxygens (including phenoxy) is 1. The Morgan fingerprint density at radius 1 is 1.25 bits per heavy atom. The van der Waals surface area contributed by atoms with Crippen LogP contribution < -0.4 is 0 Å². The van der Waals surface area contributed by atoms with E-state index < -0.39 is 0 Å². The van der Waals surface area contributed by atoms with Gasteiger partial charge in [0, 0.05) is 18.1 Å². The molecular weight excluding hydrogens is 242 g/mol. The number of hydrogen-bond acceptors (Lipinski definition) is 3. The summed E-state index contributed by atoms with van der Waals surface area (Å²) in [6.45, 7) is 3.69. The van der Waals surface area contributed by atoms with Crippen molar-refractivity contribution < 1.29 is 4.74 Å². The number of morpholine rings is 1. The molecule has 1 atom stereocenters. The lowest BCUT2D eigenvalue weighted by Gasteiger charge is -2.33. The fraction of sp³-hybridized carbons (Fsp3) is 0.500. The molecule has 1 aromatic rings. The summed E-state index contributed by atoms with van der Waals surface area (Å²) >= 11 is 7.77. The number of benzene rings is 1. The van der Waals surface area contributed by atoms with Crippen molar-refractivity contribution in [1.29, 1.82) is 0 Å². The van der Waals surface area contributed by atoms with E-state index in [-0.39, 0.29) is 0 Å². The molecule has 1 unspecified atom stereocenters. The van der Waals surface area contributed by atoms with Gasteiger partial charge < -0.3 is 4.74 Å². The first-order chi connectivity index (χ1) is 7.81. The first-order valence-electron chi connectivity index (χ1n) is 5.41. The second kappa shape index (κ2) is 5.92. The molecule has 1 fully saturated rings. The van der Waals surface area contributed by atoms with Gasteiger partial charge in [0.25, 0.3) is 0 Å². The molecule has 0 N–H and O–H groups in total. The number of nitrogens with zero attached hydrogens (tertiary/aromatic N) is 1. The Morgan fingerprint density at radius 2 is 1.88 bits per heavy atom. The molecule has 1 aromatic carbocycles. The lowest BCUT2D eigenvalue weighted by Crippen LogP contribution is -2.37. The van der Waals surface area contributed by atoms with Gasteiger partial charge in [-0.15, -0.1) is 11.8 Å². The predicted octanol–water partition coefficient (Wildman–Crippen LogP) is 3.03. The normalized spacial score (nSPS) is 19.6. The molecule has 0 bridgehead atoms. The number of hydrogen-bond donors (Lipinski definition) is 0. The largest absolute Gasteiger partial charge is 0.379 e. The Labute approximate surface area is 106 Å². The molecule has 2 nitrogen and oxygen atoms in total. The van der Waals surface area contributed by atoms with E-state index in [1.807, 2.05) is 23.9 Å². The summed E-state index contributed by atoms with van der Waals surface area (Å²) in [5, 5.41) is 1.21. The highest BCUT2D eigenvalue weighted by Crippen LogP contribution is 2.31. The second-order valence-corrected chi connectivity index (χ2v) is 5.14. The van der Waals surface area contributed by atoms with Crippen LogP contribution in [-0.2, 0) is 4.74 Å². The molecular formula is C12H16ClNOS. The maximum atomic E-state index is 5.90. The van der Waals surface area contributed by atoms with Crippen molar-refractivity contribution in [2.45, 2.75) is 5.37 Å². The Hall–Kier alpha value is -0.220.